The predicted octanol–water partition coefficient (Wildman–Crippen LogP) is 5.19. The topological polar surface area (TPSA) is 71.4 Å². The molecule has 188 valence electrons. The van der Waals surface area contributed by atoms with Gasteiger partial charge in [0, 0.05) is 48.5 Å². The van der Waals surface area contributed by atoms with Crippen molar-refractivity contribution in [3.05, 3.63) is 108 Å². The number of anilines is 1. The van der Waals surface area contributed by atoms with Crippen molar-refractivity contribution >= 4 is 28.9 Å². The number of pyridine rings is 1. The lowest BCUT2D eigenvalue weighted by Gasteiger charge is -2.29. The summed E-state index contributed by atoms with van der Waals surface area (Å²) in [6, 6.07) is 25.4. The summed E-state index contributed by atoms with van der Waals surface area (Å²) in [5, 5.41) is 7.07. The van der Waals surface area contributed by atoms with Crippen molar-refractivity contribution in [2.45, 2.75) is 25.4 Å². The third kappa shape index (κ3) is 5.34. The van der Waals surface area contributed by atoms with Crippen molar-refractivity contribution in [1.82, 2.24) is 19.8 Å². The van der Waals surface area contributed by atoms with Crippen LogP contribution < -0.4 is 15.4 Å². The van der Waals surface area contributed by atoms with Crippen molar-refractivity contribution in [2.75, 3.05) is 19.0 Å². The van der Waals surface area contributed by atoms with Gasteiger partial charge in [0.05, 0.1) is 24.9 Å². The molecule has 1 saturated heterocycles. The Labute approximate surface area is 222 Å². The fourth-order valence-electron chi connectivity index (χ4n) is 4.77. The molecule has 0 saturated carbocycles. The van der Waals surface area contributed by atoms with Crippen LogP contribution in [-0.2, 0) is 4.79 Å². The number of carbonyl (C=O) groups excluding carboxylic acids is 1. The number of carbonyl (C=O) groups is 1. The summed E-state index contributed by atoms with van der Waals surface area (Å²) in [5.74, 6) is 0.722. The van der Waals surface area contributed by atoms with Crippen molar-refractivity contribution in [2.24, 2.45) is 0 Å². The van der Waals surface area contributed by atoms with E-state index < -0.39 is 0 Å². The standard InChI is InChI=1S/C29H29N5O2S/c1-20-8-5-9-21(18-20)31-26(35)14-17-34-28(27(32-29(34)37)24-12-3-4-15-30-24)25-13-7-16-33(25)22-10-6-11-23(19-22)36-2/h3-13,15-16,18-19,27-28H,14,17H2,1-2H3,(H,31,35)(H,32,37). The molecular formula is C29H29N5O2S. The van der Waals surface area contributed by atoms with E-state index in [2.05, 4.69) is 31.2 Å². The van der Waals surface area contributed by atoms with Gasteiger partial charge >= 0.3 is 0 Å². The minimum Gasteiger partial charge on any atom is -0.497 e. The minimum absolute atomic E-state index is 0.0587. The molecule has 3 heterocycles. The monoisotopic (exact) mass is 511 g/mol. The predicted molar refractivity (Wildman–Crippen MR) is 149 cm³/mol. The number of ether oxygens (including phenoxy) is 1. The van der Waals surface area contributed by atoms with Gasteiger partial charge in [-0.25, -0.2) is 0 Å². The average molecular weight is 512 g/mol. The number of rotatable bonds is 8. The Morgan fingerprint density at radius 3 is 2.73 bits per heavy atom. The Kier molecular flexibility index (Phi) is 7.18. The molecule has 5 rings (SSSR count). The maximum Gasteiger partial charge on any atom is 0.226 e. The quantitative estimate of drug-likeness (QED) is 0.317. The molecule has 1 aliphatic heterocycles. The lowest BCUT2D eigenvalue weighted by atomic mass is 10.0. The van der Waals surface area contributed by atoms with E-state index in [1.54, 1.807) is 13.3 Å². The molecule has 7 nitrogen and oxygen atoms in total. The van der Waals surface area contributed by atoms with E-state index in [0.717, 1.165) is 34.1 Å². The third-order valence-corrected chi connectivity index (χ3v) is 6.85. The van der Waals surface area contributed by atoms with Crippen LogP contribution >= 0.6 is 12.2 Å². The van der Waals surface area contributed by atoms with Crippen LogP contribution in [0.3, 0.4) is 0 Å². The number of methoxy groups -OCH3 is 1. The largest absolute Gasteiger partial charge is 0.497 e. The van der Waals surface area contributed by atoms with Crippen molar-refractivity contribution in [1.29, 1.82) is 0 Å². The highest BCUT2D eigenvalue weighted by molar-refractivity contribution is 7.80. The van der Waals surface area contributed by atoms with Crippen LogP contribution in [-0.4, -0.2) is 39.1 Å². The van der Waals surface area contributed by atoms with E-state index in [1.165, 1.54) is 0 Å². The second-order valence-corrected chi connectivity index (χ2v) is 9.38. The Hall–Kier alpha value is -4.17. The third-order valence-electron chi connectivity index (χ3n) is 6.49. The van der Waals surface area contributed by atoms with E-state index in [1.807, 2.05) is 85.9 Å². The minimum atomic E-state index is -0.173. The second-order valence-electron chi connectivity index (χ2n) is 8.99. The SMILES string of the molecule is COc1cccc(-n2cccc2C2C(c3ccccn3)NC(=S)N2CCC(=O)Nc2cccc(C)c2)c1. The van der Waals surface area contributed by atoms with Gasteiger partial charge in [0.25, 0.3) is 0 Å². The second kappa shape index (κ2) is 10.8. The lowest BCUT2D eigenvalue weighted by Crippen LogP contribution is -2.33. The van der Waals surface area contributed by atoms with Gasteiger partial charge in [-0.1, -0.05) is 24.3 Å². The Balaban J connectivity index is 1.45. The molecule has 0 aliphatic carbocycles. The molecule has 1 fully saturated rings. The summed E-state index contributed by atoms with van der Waals surface area (Å²) in [4.78, 5) is 19.6. The fourth-order valence-corrected chi connectivity index (χ4v) is 5.10. The molecule has 37 heavy (non-hydrogen) atoms. The number of hydrogen-bond donors (Lipinski definition) is 2. The van der Waals surface area contributed by atoms with Crippen LogP contribution in [0, 0.1) is 6.92 Å². The van der Waals surface area contributed by atoms with Crippen LogP contribution in [0.4, 0.5) is 5.69 Å². The summed E-state index contributed by atoms with van der Waals surface area (Å²) in [6.07, 6.45) is 4.11. The van der Waals surface area contributed by atoms with Gasteiger partial charge in [0.15, 0.2) is 5.11 Å². The molecule has 2 aromatic carbocycles. The molecule has 1 amide bonds. The molecule has 2 N–H and O–H groups in total. The number of thiocarbonyl (C=S) groups is 1. The zero-order valence-electron chi connectivity index (χ0n) is 20.8. The van der Waals surface area contributed by atoms with E-state index in [9.17, 15) is 4.79 Å². The Morgan fingerprint density at radius 1 is 1.08 bits per heavy atom. The molecule has 2 unspecified atom stereocenters. The zero-order valence-corrected chi connectivity index (χ0v) is 21.6. The number of amides is 1. The smallest absolute Gasteiger partial charge is 0.226 e. The molecule has 2 aromatic heterocycles. The van der Waals surface area contributed by atoms with Crippen LogP contribution in [0.5, 0.6) is 5.75 Å². The highest BCUT2D eigenvalue weighted by atomic mass is 32.1. The first kappa shape index (κ1) is 24.5. The lowest BCUT2D eigenvalue weighted by molar-refractivity contribution is -0.116. The number of hydrogen-bond acceptors (Lipinski definition) is 4. The Bertz CT molecular complexity index is 1400. The summed E-state index contributed by atoms with van der Waals surface area (Å²) in [6.45, 7) is 2.46. The first-order valence-corrected chi connectivity index (χ1v) is 12.6. The maximum absolute atomic E-state index is 12.9. The highest BCUT2D eigenvalue weighted by Gasteiger charge is 2.41. The number of nitrogens with one attached hydrogen (secondary N) is 2. The number of nitrogens with zero attached hydrogens (tertiary/aromatic N) is 3. The molecule has 0 bridgehead atoms. The van der Waals surface area contributed by atoms with Gasteiger partial charge < -0.3 is 24.8 Å². The van der Waals surface area contributed by atoms with Gasteiger partial charge in [0.2, 0.25) is 5.91 Å². The van der Waals surface area contributed by atoms with E-state index >= 15 is 0 Å². The zero-order chi connectivity index (χ0) is 25.8. The van der Waals surface area contributed by atoms with E-state index in [4.69, 9.17) is 17.0 Å². The maximum atomic E-state index is 12.9. The van der Waals surface area contributed by atoms with Gasteiger partial charge in [0.1, 0.15) is 5.75 Å². The highest BCUT2D eigenvalue weighted by Crippen LogP contribution is 2.39. The summed E-state index contributed by atoms with van der Waals surface area (Å²) in [5.41, 5.74) is 4.80. The first-order valence-electron chi connectivity index (χ1n) is 12.2. The summed E-state index contributed by atoms with van der Waals surface area (Å²) < 4.78 is 7.59. The molecular weight excluding hydrogens is 482 g/mol. The van der Waals surface area contributed by atoms with E-state index in [-0.39, 0.29) is 18.0 Å². The Morgan fingerprint density at radius 2 is 1.95 bits per heavy atom. The van der Waals surface area contributed by atoms with Crippen LogP contribution in [0.2, 0.25) is 0 Å². The molecule has 1 aliphatic rings. The number of aromatic nitrogens is 2. The molecule has 0 spiro atoms. The summed E-state index contributed by atoms with van der Waals surface area (Å²) >= 11 is 5.79. The molecule has 8 heteroatoms. The summed E-state index contributed by atoms with van der Waals surface area (Å²) in [7, 11) is 1.66. The van der Waals surface area contributed by atoms with Gasteiger partial charge in [-0.05, 0) is 73.2 Å². The van der Waals surface area contributed by atoms with Crippen molar-refractivity contribution in [3.8, 4) is 11.4 Å². The van der Waals surface area contributed by atoms with Crippen LogP contribution in [0.1, 0.15) is 35.5 Å². The van der Waals surface area contributed by atoms with E-state index in [0.29, 0.717) is 18.1 Å². The first-order chi connectivity index (χ1) is 18.0. The number of aryl methyl sites for hydroxylation is 1. The molecule has 0 radical (unpaired) electrons. The fraction of sp³-hybridized carbons (Fsp3) is 0.207. The van der Waals surface area contributed by atoms with Crippen molar-refractivity contribution in [3.63, 3.8) is 0 Å². The average Bonchev–Trinajstić information content (AvgIpc) is 3.52. The van der Waals surface area contributed by atoms with Gasteiger partial charge in [-0.3, -0.25) is 9.78 Å². The molecule has 2 atom stereocenters. The van der Waals surface area contributed by atoms with Gasteiger partial charge in [-0.2, -0.15) is 0 Å². The number of benzene rings is 2. The van der Waals surface area contributed by atoms with Crippen LogP contribution in [0.25, 0.3) is 5.69 Å². The molecule has 4 aromatic rings. The van der Waals surface area contributed by atoms with Gasteiger partial charge in [-0.15, -0.1) is 0 Å². The van der Waals surface area contributed by atoms with Crippen LogP contribution in [0.15, 0.2) is 91.3 Å². The normalized spacial score (nSPS) is 16.9. The van der Waals surface area contributed by atoms with Crippen molar-refractivity contribution < 1.29 is 9.53 Å².